The molecule has 1 aliphatic carbocycles. The van der Waals surface area contributed by atoms with Crippen molar-refractivity contribution in [3.8, 4) is 11.5 Å². The van der Waals surface area contributed by atoms with Gasteiger partial charge < -0.3 is 14.2 Å². The lowest BCUT2D eigenvalue weighted by atomic mass is 10.1. The van der Waals surface area contributed by atoms with E-state index in [4.69, 9.17) is 14.2 Å². The highest BCUT2D eigenvalue weighted by Crippen LogP contribution is 2.29. The van der Waals surface area contributed by atoms with E-state index in [1.807, 2.05) is 24.3 Å². The quantitative estimate of drug-likeness (QED) is 0.528. The van der Waals surface area contributed by atoms with Gasteiger partial charge >= 0.3 is 5.97 Å². The summed E-state index contributed by atoms with van der Waals surface area (Å²) in [6.07, 6.45) is 4.80. The summed E-state index contributed by atoms with van der Waals surface area (Å²) in [6, 6.07) is 9.77. The Labute approximate surface area is 169 Å². The molecule has 1 fully saturated rings. The van der Waals surface area contributed by atoms with Crippen LogP contribution in [0.4, 0.5) is 8.78 Å². The van der Waals surface area contributed by atoms with Crippen molar-refractivity contribution in [2.75, 3.05) is 6.61 Å². The van der Waals surface area contributed by atoms with E-state index in [0.29, 0.717) is 11.3 Å². The molecule has 1 aliphatic rings. The minimum atomic E-state index is -0.793. The van der Waals surface area contributed by atoms with Crippen LogP contribution in [0.3, 0.4) is 0 Å². The fraction of sp³-hybridized carbons (Fsp3) is 0.435. The lowest BCUT2D eigenvalue weighted by molar-refractivity contribution is -0.143. The SMILES string of the molecule is CCOC(=O)CCc1cc(F)c(OCc2ccccc2OC2CCCC2)c(F)c1. The van der Waals surface area contributed by atoms with Crippen LogP contribution in [0.15, 0.2) is 36.4 Å². The number of rotatable bonds is 9. The smallest absolute Gasteiger partial charge is 0.306 e. The molecular formula is C23H26F2O4. The molecule has 0 aliphatic heterocycles. The molecule has 1 saturated carbocycles. The molecule has 4 nitrogen and oxygen atoms in total. The number of halogens is 2. The summed E-state index contributed by atoms with van der Waals surface area (Å²) in [6.45, 7) is 1.99. The second-order valence-electron chi connectivity index (χ2n) is 7.11. The highest BCUT2D eigenvalue weighted by Gasteiger charge is 2.19. The first kappa shape index (κ1) is 21.1. The first-order valence-electron chi connectivity index (χ1n) is 10.1. The molecular weight excluding hydrogens is 378 g/mol. The predicted molar refractivity (Wildman–Crippen MR) is 105 cm³/mol. The van der Waals surface area contributed by atoms with Crippen LogP contribution in [0.1, 0.15) is 50.2 Å². The van der Waals surface area contributed by atoms with E-state index in [-0.39, 0.29) is 32.2 Å². The van der Waals surface area contributed by atoms with Gasteiger partial charge in [-0.2, -0.15) is 0 Å². The number of ether oxygens (including phenoxy) is 3. The maximum Gasteiger partial charge on any atom is 0.306 e. The molecule has 0 aromatic heterocycles. The van der Waals surface area contributed by atoms with Gasteiger partial charge in [-0.15, -0.1) is 0 Å². The number of carbonyl (C=O) groups excluding carboxylic acids is 1. The van der Waals surface area contributed by atoms with Crippen LogP contribution in [-0.4, -0.2) is 18.7 Å². The van der Waals surface area contributed by atoms with Crippen molar-refractivity contribution in [1.29, 1.82) is 0 Å². The van der Waals surface area contributed by atoms with Gasteiger partial charge in [0.1, 0.15) is 12.4 Å². The van der Waals surface area contributed by atoms with E-state index < -0.39 is 23.4 Å². The zero-order valence-electron chi connectivity index (χ0n) is 16.6. The lowest BCUT2D eigenvalue weighted by Gasteiger charge is -2.17. The fourth-order valence-electron chi connectivity index (χ4n) is 3.45. The average Bonchev–Trinajstić information content (AvgIpc) is 3.20. The van der Waals surface area contributed by atoms with Gasteiger partial charge in [-0.25, -0.2) is 8.78 Å². The molecule has 156 valence electrons. The van der Waals surface area contributed by atoms with Gasteiger partial charge in [0.25, 0.3) is 0 Å². The Kier molecular flexibility index (Phi) is 7.44. The normalized spacial score (nSPS) is 14.0. The van der Waals surface area contributed by atoms with Gasteiger partial charge in [-0.1, -0.05) is 18.2 Å². The number of benzene rings is 2. The molecule has 0 amide bonds. The Balaban J connectivity index is 1.64. The van der Waals surface area contributed by atoms with Crippen LogP contribution in [0.25, 0.3) is 0 Å². The summed E-state index contributed by atoms with van der Waals surface area (Å²) in [4.78, 5) is 11.4. The molecule has 2 aromatic rings. The van der Waals surface area contributed by atoms with Crippen molar-refractivity contribution in [1.82, 2.24) is 0 Å². The van der Waals surface area contributed by atoms with Gasteiger partial charge in [0.15, 0.2) is 17.4 Å². The highest BCUT2D eigenvalue weighted by molar-refractivity contribution is 5.69. The average molecular weight is 404 g/mol. The number of carbonyl (C=O) groups is 1. The van der Waals surface area contributed by atoms with Crippen LogP contribution in [0.2, 0.25) is 0 Å². The van der Waals surface area contributed by atoms with E-state index in [0.717, 1.165) is 31.2 Å². The number of para-hydroxylation sites is 1. The fourth-order valence-corrected chi connectivity index (χ4v) is 3.45. The summed E-state index contributed by atoms with van der Waals surface area (Å²) in [7, 11) is 0. The van der Waals surface area contributed by atoms with Crippen LogP contribution in [0.5, 0.6) is 11.5 Å². The molecule has 29 heavy (non-hydrogen) atoms. The maximum atomic E-state index is 14.4. The maximum absolute atomic E-state index is 14.4. The molecule has 0 unspecified atom stereocenters. The Morgan fingerprint density at radius 2 is 1.79 bits per heavy atom. The minimum Gasteiger partial charge on any atom is -0.490 e. The number of hydrogen-bond donors (Lipinski definition) is 0. The molecule has 2 aromatic carbocycles. The first-order valence-corrected chi connectivity index (χ1v) is 10.1. The molecule has 0 radical (unpaired) electrons. The van der Waals surface area contributed by atoms with Crippen molar-refractivity contribution in [3.05, 3.63) is 59.2 Å². The summed E-state index contributed by atoms with van der Waals surface area (Å²) >= 11 is 0. The molecule has 0 heterocycles. The second kappa shape index (κ2) is 10.2. The van der Waals surface area contributed by atoms with E-state index in [2.05, 4.69) is 0 Å². The van der Waals surface area contributed by atoms with Gasteiger partial charge in [0, 0.05) is 12.0 Å². The molecule has 0 spiro atoms. The largest absolute Gasteiger partial charge is 0.490 e. The Morgan fingerprint density at radius 1 is 1.10 bits per heavy atom. The van der Waals surface area contributed by atoms with Crippen LogP contribution >= 0.6 is 0 Å². The topological polar surface area (TPSA) is 44.8 Å². The van der Waals surface area contributed by atoms with Gasteiger partial charge in [-0.05, 0) is 62.8 Å². The molecule has 0 N–H and O–H groups in total. The van der Waals surface area contributed by atoms with Crippen LogP contribution in [0, 0.1) is 11.6 Å². The van der Waals surface area contributed by atoms with Gasteiger partial charge in [-0.3, -0.25) is 4.79 Å². The molecule has 6 heteroatoms. The minimum absolute atomic E-state index is 0.00109. The van der Waals surface area contributed by atoms with Crippen molar-refractivity contribution in [2.45, 2.75) is 58.2 Å². The van der Waals surface area contributed by atoms with E-state index >= 15 is 0 Å². The van der Waals surface area contributed by atoms with Crippen molar-refractivity contribution < 1.29 is 27.8 Å². The zero-order chi connectivity index (χ0) is 20.6. The van der Waals surface area contributed by atoms with Crippen molar-refractivity contribution >= 4 is 5.97 Å². The third-order valence-electron chi connectivity index (χ3n) is 4.92. The summed E-state index contributed by atoms with van der Waals surface area (Å²) < 4.78 is 45.1. The molecule has 0 atom stereocenters. The van der Waals surface area contributed by atoms with E-state index in [9.17, 15) is 13.6 Å². The highest BCUT2D eigenvalue weighted by atomic mass is 19.1. The zero-order valence-corrected chi connectivity index (χ0v) is 16.6. The lowest BCUT2D eigenvalue weighted by Crippen LogP contribution is -2.13. The van der Waals surface area contributed by atoms with E-state index in [1.54, 1.807) is 6.92 Å². The Morgan fingerprint density at radius 3 is 2.48 bits per heavy atom. The van der Waals surface area contributed by atoms with Crippen LogP contribution < -0.4 is 9.47 Å². The predicted octanol–water partition coefficient (Wildman–Crippen LogP) is 5.36. The Bertz CT molecular complexity index is 808. The second-order valence-corrected chi connectivity index (χ2v) is 7.11. The molecule has 0 saturated heterocycles. The van der Waals surface area contributed by atoms with E-state index in [1.165, 1.54) is 12.1 Å². The monoisotopic (exact) mass is 404 g/mol. The van der Waals surface area contributed by atoms with Crippen LogP contribution in [-0.2, 0) is 22.6 Å². The number of hydrogen-bond acceptors (Lipinski definition) is 4. The number of aryl methyl sites for hydroxylation is 1. The third kappa shape index (κ3) is 5.92. The summed E-state index contributed by atoms with van der Waals surface area (Å²) in [5.41, 5.74) is 1.12. The van der Waals surface area contributed by atoms with Crippen molar-refractivity contribution in [2.24, 2.45) is 0 Å². The van der Waals surface area contributed by atoms with Gasteiger partial charge in [0.05, 0.1) is 12.7 Å². The van der Waals surface area contributed by atoms with Crippen molar-refractivity contribution in [3.63, 3.8) is 0 Å². The van der Waals surface area contributed by atoms with Gasteiger partial charge in [0.2, 0.25) is 0 Å². The summed E-state index contributed by atoms with van der Waals surface area (Å²) in [5, 5.41) is 0. The molecule has 3 rings (SSSR count). The summed E-state index contributed by atoms with van der Waals surface area (Å²) in [5.74, 6) is -1.73. The third-order valence-corrected chi connectivity index (χ3v) is 4.92. The Hall–Kier alpha value is -2.63. The first-order chi connectivity index (χ1) is 14.1. The molecule has 0 bridgehead atoms. The standard InChI is InChI=1S/C23H26F2O4/c1-2-27-22(26)12-11-16-13-19(24)23(20(25)14-16)28-15-17-7-3-6-10-21(17)29-18-8-4-5-9-18/h3,6-7,10,13-14,18H,2,4-5,8-9,11-12,15H2,1H3. The number of esters is 1.